The maximum atomic E-state index is 9.64. The van der Waals surface area contributed by atoms with E-state index in [4.69, 9.17) is 5.41 Å². The quantitative estimate of drug-likeness (QED) is 0.352. The van der Waals surface area contributed by atoms with Crippen molar-refractivity contribution in [3.05, 3.63) is 41.6 Å². The summed E-state index contributed by atoms with van der Waals surface area (Å²) in [6.45, 7) is 1.49. The number of hydrogen-bond acceptors (Lipinski definition) is 7. The van der Waals surface area contributed by atoms with E-state index >= 15 is 0 Å². The van der Waals surface area contributed by atoms with Crippen LogP contribution >= 0.6 is 11.8 Å². The Labute approximate surface area is 200 Å². The highest BCUT2D eigenvalue weighted by atomic mass is 32.2. The number of fused-ring (bicyclic) bond motifs is 1. The summed E-state index contributed by atoms with van der Waals surface area (Å²) in [5.41, 5.74) is 1.96. The number of nitrogens with zero attached hydrogens (tertiary/aromatic N) is 3. The molecule has 0 spiro atoms. The Kier molecular flexibility index (Phi) is 6.29. The third kappa shape index (κ3) is 4.59. The van der Waals surface area contributed by atoms with Gasteiger partial charge < -0.3 is 16.0 Å². The standard InChI is InChI=1S/C26H32N6S/c1-33-23-5-3-2-4-19(23)14-29-25-30-15-22(13-28)24(32-25)31-16-26-9-17-6-18(10-26)8-21(12-27)20(7-17)11-26/h2-5,12,15,17-18,20-21,27H,6-11,14,16H2,1H3,(H2,29,30,31,32)/t17?,18-,20-,21-,26+/m1/s1. The van der Waals surface area contributed by atoms with Crippen LogP contribution in [0.5, 0.6) is 0 Å². The monoisotopic (exact) mass is 460 g/mol. The zero-order chi connectivity index (χ0) is 22.8. The first-order valence-electron chi connectivity index (χ1n) is 12.0. The fourth-order valence-corrected chi connectivity index (χ4v) is 7.46. The maximum Gasteiger partial charge on any atom is 0.224 e. The average molecular weight is 461 g/mol. The topological polar surface area (TPSA) is 97.5 Å². The molecule has 6 rings (SSSR count). The molecule has 4 fully saturated rings. The Bertz CT molecular complexity index is 1060. The van der Waals surface area contributed by atoms with Gasteiger partial charge in [0.05, 0.1) is 6.20 Å². The fourth-order valence-electron chi connectivity index (χ4n) is 6.84. The van der Waals surface area contributed by atoms with Crippen molar-refractivity contribution in [3.8, 4) is 6.07 Å². The van der Waals surface area contributed by atoms with Gasteiger partial charge in [0.2, 0.25) is 5.95 Å². The molecule has 7 heteroatoms. The van der Waals surface area contributed by atoms with Crippen LogP contribution in [0.4, 0.5) is 11.8 Å². The number of hydrogen-bond donors (Lipinski definition) is 3. The number of thioether (sulfide) groups is 1. The van der Waals surface area contributed by atoms with Gasteiger partial charge in [0.15, 0.2) is 0 Å². The molecule has 0 amide bonds. The highest BCUT2D eigenvalue weighted by molar-refractivity contribution is 7.98. The summed E-state index contributed by atoms with van der Waals surface area (Å²) in [5.74, 6) is 3.80. The second-order valence-electron chi connectivity index (χ2n) is 10.2. The van der Waals surface area contributed by atoms with E-state index in [-0.39, 0.29) is 5.41 Å². The van der Waals surface area contributed by atoms with Gasteiger partial charge in [-0.05, 0) is 91.7 Å². The highest BCUT2D eigenvalue weighted by Gasteiger charge is 2.50. The molecule has 1 aromatic carbocycles. The number of benzene rings is 1. The molecule has 6 nitrogen and oxygen atoms in total. The van der Waals surface area contributed by atoms with Crippen LogP contribution < -0.4 is 10.6 Å². The molecule has 1 unspecified atom stereocenters. The van der Waals surface area contributed by atoms with E-state index in [9.17, 15) is 5.26 Å². The summed E-state index contributed by atoms with van der Waals surface area (Å²) >= 11 is 1.73. The summed E-state index contributed by atoms with van der Waals surface area (Å²) in [6.07, 6.45) is 12.9. The number of nitriles is 1. The van der Waals surface area contributed by atoms with Gasteiger partial charge in [0.25, 0.3) is 0 Å². The van der Waals surface area contributed by atoms with Crippen LogP contribution in [0.15, 0.2) is 35.4 Å². The van der Waals surface area contributed by atoms with Crippen LogP contribution in [0, 0.1) is 45.8 Å². The Hall–Kier alpha value is -2.59. The fraction of sp³-hybridized carbons (Fsp3) is 0.538. The summed E-state index contributed by atoms with van der Waals surface area (Å²) in [5, 5.41) is 24.5. The Balaban J connectivity index is 1.30. The zero-order valence-corrected chi connectivity index (χ0v) is 20.0. The minimum Gasteiger partial charge on any atom is -0.368 e. The van der Waals surface area contributed by atoms with Gasteiger partial charge in [-0.15, -0.1) is 11.8 Å². The molecule has 5 atom stereocenters. The van der Waals surface area contributed by atoms with Gasteiger partial charge >= 0.3 is 0 Å². The molecule has 4 bridgehead atoms. The number of rotatable bonds is 8. The minimum absolute atomic E-state index is 0.261. The Morgan fingerprint density at radius 1 is 1.18 bits per heavy atom. The lowest BCUT2D eigenvalue weighted by Gasteiger charge is -2.48. The molecule has 0 radical (unpaired) electrons. The predicted octanol–water partition coefficient (Wildman–Crippen LogP) is 5.58. The van der Waals surface area contributed by atoms with Crippen LogP contribution in [0.2, 0.25) is 0 Å². The van der Waals surface area contributed by atoms with Gasteiger partial charge in [-0.3, -0.25) is 0 Å². The third-order valence-corrected chi connectivity index (χ3v) is 8.87. The van der Waals surface area contributed by atoms with E-state index in [1.54, 1.807) is 24.2 Å². The van der Waals surface area contributed by atoms with Crippen molar-refractivity contribution in [3.63, 3.8) is 0 Å². The van der Waals surface area contributed by atoms with E-state index in [1.807, 2.05) is 12.1 Å². The van der Waals surface area contributed by atoms with E-state index in [0.29, 0.717) is 35.7 Å². The molecule has 4 aliphatic rings. The predicted molar refractivity (Wildman–Crippen MR) is 134 cm³/mol. The van der Waals surface area contributed by atoms with E-state index in [1.165, 1.54) is 49.0 Å². The zero-order valence-electron chi connectivity index (χ0n) is 19.2. The molecule has 172 valence electrons. The molecule has 3 N–H and O–H groups in total. The van der Waals surface area contributed by atoms with Crippen LogP contribution in [0.3, 0.4) is 0 Å². The summed E-state index contributed by atoms with van der Waals surface area (Å²) in [6, 6.07) is 10.6. The molecular formula is C26H32N6S. The SMILES string of the molecule is CSc1ccccc1CNc1ncc(C#N)c(NC[C@]23CC4C[C@H](C[C@H](C=N)[C@H](C4)C2)C3)n1. The first kappa shape index (κ1) is 22.2. The molecule has 2 aromatic rings. The van der Waals surface area contributed by atoms with E-state index in [0.717, 1.165) is 18.4 Å². The molecule has 1 heterocycles. The van der Waals surface area contributed by atoms with E-state index < -0.39 is 0 Å². The van der Waals surface area contributed by atoms with Crippen LogP contribution in [0.25, 0.3) is 0 Å². The van der Waals surface area contributed by atoms with Gasteiger partial charge in [-0.2, -0.15) is 10.2 Å². The first-order chi connectivity index (χ1) is 16.1. The second-order valence-corrected chi connectivity index (χ2v) is 11.1. The normalized spacial score (nSPS) is 29.8. The van der Waals surface area contributed by atoms with Gasteiger partial charge in [-0.25, -0.2) is 4.98 Å². The summed E-state index contributed by atoms with van der Waals surface area (Å²) in [7, 11) is 0. The Morgan fingerprint density at radius 3 is 2.79 bits per heavy atom. The van der Waals surface area contributed by atoms with Crippen molar-refractivity contribution >= 4 is 29.7 Å². The lowest BCUT2D eigenvalue weighted by Crippen LogP contribution is -2.42. The van der Waals surface area contributed by atoms with Crippen molar-refractivity contribution < 1.29 is 0 Å². The minimum atomic E-state index is 0.261. The average Bonchev–Trinajstić information content (AvgIpc) is 3.03. The highest BCUT2D eigenvalue weighted by Crippen LogP contribution is 2.58. The number of nitrogens with one attached hydrogen (secondary N) is 3. The molecule has 4 saturated carbocycles. The number of anilines is 2. The maximum absolute atomic E-state index is 9.64. The number of aromatic nitrogens is 2. The molecule has 1 aromatic heterocycles. The van der Waals surface area contributed by atoms with Crippen LogP contribution in [0.1, 0.15) is 49.7 Å². The molecule has 0 aliphatic heterocycles. The summed E-state index contributed by atoms with van der Waals surface area (Å²) in [4.78, 5) is 10.3. The van der Waals surface area contributed by atoms with Crippen LogP contribution in [-0.4, -0.2) is 29.0 Å². The van der Waals surface area contributed by atoms with Gasteiger partial charge in [-0.1, -0.05) is 18.2 Å². The van der Waals surface area contributed by atoms with Crippen molar-refractivity contribution in [1.82, 2.24) is 9.97 Å². The first-order valence-corrected chi connectivity index (χ1v) is 13.2. The molecule has 33 heavy (non-hydrogen) atoms. The second kappa shape index (κ2) is 9.34. The van der Waals surface area contributed by atoms with Crippen molar-refractivity contribution in [2.45, 2.75) is 50.0 Å². The molecular weight excluding hydrogens is 428 g/mol. The van der Waals surface area contributed by atoms with E-state index in [2.05, 4.69) is 45.1 Å². The lowest BCUT2D eigenvalue weighted by molar-refractivity contribution is 0.0435. The lowest BCUT2D eigenvalue weighted by atomic mass is 9.58. The molecule has 0 saturated heterocycles. The van der Waals surface area contributed by atoms with Crippen LogP contribution in [-0.2, 0) is 6.54 Å². The Morgan fingerprint density at radius 2 is 2.00 bits per heavy atom. The summed E-state index contributed by atoms with van der Waals surface area (Å²) < 4.78 is 0. The third-order valence-electron chi connectivity index (χ3n) is 8.04. The van der Waals surface area contributed by atoms with Gasteiger partial charge in [0, 0.05) is 18.0 Å². The van der Waals surface area contributed by atoms with Gasteiger partial charge in [0.1, 0.15) is 17.5 Å². The van der Waals surface area contributed by atoms with Crippen molar-refractivity contribution in [2.24, 2.45) is 29.1 Å². The van der Waals surface area contributed by atoms with Crippen molar-refractivity contribution in [1.29, 1.82) is 10.7 Å². The smallest absolute Gasteiger partial charge is 0.224 e. The van der Waals surface area contributed by atoms with Crippen molar-refractivity contribution in [2.75, 3.05) is 23.4 Å². The molecule has 4 aliphatic carbocycles. The largest absolute Gasteiger partial charge is 0.368 e.